The van der Waals surface area contributed by atoms with Gasteiger partial charge in [0.05, 0.1) is 6.61 Å². The standard InChI is InChI=1S/C5H8N2O.ClH/c8-4-3-7-2-1-6-5-7;/h1-2,5,8H,3-4H2;1H. The molecule has 9 heavy (non-hydrogen) atoms. The van der Waals surface area contributed by atoms with Crippen molar-refractivity contribution in [3.63, 3.8) is 0 Å². The van der Waals surface area contributed by atoms with Crippen LogP contribution < -0.4 is 17.0 Å². The molecule has 0 aliphatic rings. The number of nitrogens with zero attached hydrogens (tertiary/aromatic N) is 1. The molecule has 0 fully saturated rings. The number of nitrogens with one attached hydrogen (secondary N) is 1. The Bertz CT molecular complexity index is 141. The van der Waals surface area contributed by atoms with Crippen molar-refractivity contribution in [3.8, 4) is 0 Å². The van der Waals surface area contributed by atoms with Crippen LogP contribution in [0.1, 0.15) is 0 Å². The maximum absolute atomic E-state index is 8.40. The molecular formula is C5H9ClN2O. The monoisotopic (exact) mass is 148 g/mol. The van der Waals surface area contributed by atoms with E-state index in [1.165, 1.54) is 0 Å². The molecule has 0 saturated carbocycles. The number of halogens is 1. The van der Waals surface area contributed by atoms with E-state index in [1.54, 1.807) is 6.33 Å². The molecule has 1 heterocycles. The second kappa shape index (κ2) is 4.35. The fourth-order valence-corrected chi connectivity index (χ4v) is 0.575. The van der Waals surface area contributed by atoms with Crippen LogP contribution in [0.4, 0.5) is 0 Å². The molecule has 2 N–H and O–H groups in total. The van der Waals surface area contributed by atoms with E-state index in [2.05, 4.69) is 4.98 Å². The number of aromatic amines is 1. The number of aromatic nitrogens is 2. The second-order valence-corrected chi connectivity index (χ2v) is 1.57. The summed E-state index contributed by atoms with van der Waals surface area (Å²) in [5.74, 6) is 0. The summed E-state index contributed by atoms with van der Waals surface area (Å²) in [6.07, 6.45) is 5.49. The summed E-state index contributed by atoms with van der Waals surface area (Å²) in [4.78, 5) is 2.87. The average molecular weight is 149 g/mol. The van der Waals surface area contributed by atoms with E-state index in [4.69, 9.17) is 5.11 Å². The van der Waals surface area contributed by atoms with Gasteiger partial charge in [0, 0.05) is 0 Å². The van der Waals surface area contributed by atoms with Crippen molar-refractivity contribution in [2.45, 2.75) is 6.54 Å². The van der Waals surface area contributed by atoms with E-state index in [-0.39, 0.29) is 19.0 Å². The quantitative estimate of drug-likeness (QED) is 0.417. The minimum atomic E-state index is 0. The molecule has 0 saturated heterocycles. The van der Waals surface area contributed by atoms with Crippen LogP contribution in [0, 0.1) is 0 Å². The molecule has 0 radical (unpaired) electrons. The highest BCUT2D eigenvalue weighted by molar-refractivity contribution is 4.55. The molecular weight excluding hydrogens is 140 g/mol. The highest BCUT2D eigenvalue weighted by Gasteiger charge is 1.90. The molecule has 0 bridgehead atoms. The molecule has 0 aromatic carbocycles. The number of H-pyrrole nitrogens is 1. The van der Waals surface area contributed by atoms with Gasteiger partial charge in [-0.25, -0.2) is 4.57 Å². The Morgan fingerprint density at radius 3 is 2.78 bits per heavy atom. The van der Waals surface area contributed by atoms with Gasteiger partial charge in [-0.1, -0.05) is 0 Å². The molecule has 0 atom stereocenters. The van der Waals surface area contributed by atoms with E-state index < -0.39 is 0 Å². The normalized spacial score (nSPS) is 8.56. The first-order chi connectivity index (χ1) is 3.93. The smallest absolute Gasteiger partial charge is 0.241 e. The van der Waals surface area contributed by atoms with Crippen LogP contribution in [0.25, 0.3) is 0 Å². The lowest BCUT2D eigenvalue weighted by molar-refractivity contribution is -0.696. The zero-order chi connectivity index (χ0) is 5.82. The van der Waals surface area contributed by atoms with E-state index in [0.717, 1.165) is 0 Å². The number of rotatable bonds is 2. The lowest BCUT2D eigenvalue weighted by Gasteiger charge is -1.85. The van der Waals surface area contributed by atoms with Crippen molar-refractivity contribution >= 4 is 0 Å². The zero-order valence-electron chi connectivity index (χ0n) is 4.92. The van der Waals surface area contributed by atoms with Crippen molar-refractivity contribution < 1.29 is 22.1 Å². The average Bonchev–Trinajstić information content (AvgIpc) is 2.19. The Labute approximate surface area is 59.7 Å². The summed E-state index contributed by atoms with van der Waals surface area (Å²) in [7, 11) is 0. The third kappa shape index (κ3) is 2.49. The van der Waals surface area contributed by atoms with Gasteiger partial charge in [-0.15, -0.1) is 0 Å². The van der Waals surface area contributed by atoms with E-state index in [0.29, 0.717) is 6.54 Å². The molecule has 1 aromatic rings. The summed E-state index contributed by atoms with van der Waals surface area (Å²) >= 11 is 0. The van der Waals surface area contributed by atoms with Crippen LogP contribution in [-0.4, -0.2) is 16.7 Å². The van der Waals surface area contributed by atoms with Gasteiger partial charge in [0.2, 0.25) is 6.33 Å². The lowest BCUT2D eigenvalue weighted by atomic mass is 10.7. The minimum Gasteiger partial charge on any atom is -1.00 e. The van der Waals surface area contributed by atoms with Crippen LogP contribution in [-0.2, 0) is 6.54 Å². The molecule has 0 unspecified atom stereocenters. The van der Waals surface area contributed by atoms with E-state index in [1.807, 2.05) is 17.0 Å². The Morgan fingerprint density at radius 1 is 1.56 bits per heavy atom. The first kappa shape index (κ1) is 8.46. The summed E-state index contributed by atoms with van der Waals surface area (Å²) in [6.45, 7) is 0.867. The van der Waals surface area contributed by atoms with Crippen LogP contribution in [0.3, 0.4) is 0 Å². The molecule has 3 nitrogen and oxygen atoms in total. The summed E-state index contributed by atoms with van der Waals surface area (Å²) in [5, 5.41) is 8.40. The van der Waals surface area contributed by atoms with Gasteiger partial charge in [-0.2, -0.15) is 0 Å². The Morgan fingerprint density at radius 2 is 2.33 bits per heavy atom. The predicted molar refractivity (Wildman–Crippen MR) is 28.1 cm³/mol. The van der Waals surface area contributed by atoms with Gasteiger partial charge in [0.25, 0.3) is 0 Å². The van der Waals surface area contributed by atoms with Gasteiger partial charge < -0.3 is 17.5 Å². The van der Waals surface area contributed by atoms with E-state index in [9.17, 15) is 0 Å². The maximum Gasteiger partial charge on any atom is 0.241 e. The number of hydrogen-bond acceptors (Lipinski definition) is 1. The van der Waals surface area contributed by atoms with Crippen LogP contribution >= 0.6 is 0 Å². The Hall–Kier alpha value is -0.540. The fraction of sp³-hybridized carbons (Fsp3) is 0.400. The van der Waals surface area contributed by atoms with Crippen molar-refractivity contribution in [1.29, 1.82) is 0 Å². The molecule has 52 valence electrons. The minimum absolute atomic E-state index is 0. The van der Waals surface area contributed by atoms with Crippen molar-refractivity contribution in [1.82, 2.24) is 4.98 Å². The number of aliphatic hydroxyl groups excluding tert-OH is 1. The van der Waals surface area contributed by atoms with Crippen LogP contribution in [0.2, 0.25) is 0 Å². The van der Waals surface area contributed by atoms with Crippen molar-refractivity contribution in [3.05, 3.63) is 18.7 Å². The predicted octanol–water partition coefficient (Wildman–Crippen LogP) is -3.70. The summed E-state index contributed by atoms with van der Waals surface area (Å²) < 4.78 is 1.88. The molecule has 0 spiro atoms. The SMILES string of the molecule is OCC[n+]1cc[nH]c1.[Cl-]. The van der Waals surface area contributed by atoms with Gasteiger partial charge in [0.1, 0.15) is 18.9 Å². The summed E-state index contributed by atoms with van der Waals surface area (Å²) in [5.41, 5.74) is 0. The molecule has 1 rings (SSSR count). The van der Waals surface area contributed by atoms with Crippen LogP contribution in [0.5, 0.6) is 0 Å². The third-order valence-corrected chi connectivity index (χ3v) is 0.961. The number of aliphatic hydroxyl groups is 1. The Kier molecular flexibility index (Phi) is 4.09. The highest BCUT2D eigenvalue weighted by Crippen LogP contribution is 1.67. The fourth-order valence-electron chi connectivity index (χ4n) is 0.575. The lowest BCUT2D eigenvalue weighted by Crippen LogP contribution is -3.00. The number of hydrogen-bond donors (Lipinski definition) is 2. The zero-order valence-corrected chi connectivity index (χ0v) is 5.67. The topological polar surface area (TPSA) is 39.9 Å². The van der Waals surface area contributed by atoms with Crippen molar-refractivity contribution in [2.24, 2.45) is 0 Å². The second-order valence-electron chi connectivity index (χ2n) is 1.57. The third-order valence-electron chi connectivity index (χ3n) is 0.961. The van der Waals surface area contributed by atoms with Crippen molar-refractivity contribution in [2.75, 3.05) is 6.61 Å². The van der Waals surface area contributed by atoms with Gasteiger partial charge >= 0.3 is 0 Å². The van der Waals surface area contributed by atoms with Crippen LogP contribution in [0.15, 0.2) is 18.7 Å². The highest BCUT2D eigenvalue weighted by atomic mass is 35.5. The molecule has 0 amide bonds. The first-order valence-electron chi connectivity index (χ1n) is 2.56. The van der Waals surface area contributed by atoms with Gasteiger partial charge in [0.15, 0.2) is 0 Å². The first-order valence-corrected chi connectivity index (χ1v) is 2.56. The Balaban J connectivity index is 0.000000640. The van der Waals surface area contributed by atoms with Gasteiger partial charge in [-0.3, -0.25) is 4.98 Å². The van der Waals surface area contributed by atoms with E-state index >= 15 is 0 Å². The summed E-state index contributed by atoms with van der Waals surface area (Å²) in [6, 6.07) is 0. The maximum atomic E-state index is 8.40. The van der Waals surface area contributed by atoms with Gasteiger partial charge in [-0.05, 0) is 0 Å². The molecule has 0 aliphatic carbocycles. The molecule has 4 heteroatoms. The largest absolute Gasteiger partial charge is 1.00 e. The molecule has 0 aliphatic heterocycles. The number of imidazole rings is 1. The molecule has 1 aromatic heterocycles.